The monoisotopic (exact) mass is 434 g/mol. The third-order valence-corrected chi connectivity index (χ3v) is 7.07. The van der Waals surface area contributed by atoms with Gasteiger partial charge in [-0.25, -0.2) is 0 Å². The molecule has 2 aromatic carbocycles. The molecule has 0 saturated carbocycles. The number of aliphatic hydroxyl groups excluding tert-OH is 1. The lowest BCUT2D eigenvalue weighted by atomic mass is 10.1. The van der Waals surface area contributed by atoms with Crippen LogP contribution in [0.3, 0.4) is 0 Å². The molecular formula is C26H34N4O2. The minimum atomic E-state index is -0.434. The lowest BCUT2D eigenvalue weighted by molar-refractivity contribution is -0.133. The zero-order chi connectivity index (χ0) is 21.9. The van der Waals surface area contributed by atoms with Crippen molar-refractivity contribution in [2.75, 3.05) is 52.4 Å². The fraction of sp³-hybridized carbons (Fsp3) is 0.500. The highest BCUT2D eigenvalue weighted by molar-refractivity contribution is 6.07. The number of hydrogen-bond acceptors (Lipinski definition) is 4. The van der Waals surface area contributed by atoms with Gasteiger partial charge in [-0.1, -0.05) is 36.4 Å². The summed E-state index contributed by atoms with van der Waals surface area (Å²) < 4.78 is 2.25. The van der Waals surface area contributed by atoms with E-state index in [2.05, 4.69) is 62.9 Å². The number of piperazine rings is 1. The molecule has 32 heavy (non-hydrogen) atoms. The first kappa shape index (κ1) is 21.4. The van der Waals surface area contributed by atoms with Crippen LogP contribution in [0.15, 0.2) is 48.5 Å². The molecule has 1 unspecified atom stereocenters. The number of hydrogen-bond donors (Lipinski definition) is 1. The first-order chi connectivity index (χ1) is 15.7. The van der Waals surface area contributed by atoms with Gasteiger partial charge in [0.1, 0.15) is 0 Å². The van der Waals surface area contributed by atoms with Crippen LogP contribution in [-0.4, -0.2) is 88.7 Å². The molecule has 6 nitrogen and oxygen atoms in total. The van der Waals surface area contributed by atoms with Gasteiger partial charge in [0.15, 0.2) is 0 Å². The first-order valence-corrected chi connectivity index (χ1v) is 12.1. The normalized spacial score (nSPS) is 19.6. The molecule has 170 valence electrons. The van der Waals surface area contributed by atoms with Gasteiger partial charge < -0.3 is 14.6 Å². The van der Waals surface area contributed by atoms with E-state index in [9.17, 15) is 9.90 Å². The first-order valence-electron chi connectivity index (χ1n) is 12.1. The number of amides is 1. The highest BCUT2D eigenvalue weighted by Gasteiger charge is 2.24. The number of β-amino-alcohol motifs (C(OH)–C–C–N with tert-alkyl or cyclic N) is 1. The number of likely N-dealkylation sites (tertiary alicyclic amines) is 1. The lowest BCUT2D eigenvalue weighted by Gasteiger charge is -2.36. The third-order valence-electron chi connectivity index (χ3n) is 7.07. The molecule has 0 bridgehead atoms. The summed E-state index contributed by atoms with van der Waals surface area (Å²) in [5.41, 5.74) is 2.35. The molecule has 1 N–H and O–H groups in total. The van der Waals surface area contributed by atoms with Crippen molar-refractivity contribution in [1.29, 1.82) is 0 Å². The van der Waals surface area contributed by atoms with Crippen LogP contribution in [0.4, 0.5) is 0 Å². The van der Waals surface area contributed by atoms with Crippen molar-refractivity contribution in [2.45, 2.75) is 31.9 Å². The standard InChI is InChI=1S/C26H34N4O2/c31-21(19-30-24-10-4-2-8-22(24)23-9-3-5-11-25(23)30)18-27-14-16-28(17-15-27)20-26(32)29-12-6-1-7-13-29/h2-5,8-11,21,31H,1,6-7,12-20H2. The quantitative estimate of drug-likeness (QED) is 0.648. The summed E-state index contributed by atoms with van der Waals surface area (Å²) in [7, 11) is 0. The SMILES string of the molecule is O=C(CN1CCN(CC(O)Cn2c3ccccc3c3ccccc32)CC1)N1CCCCC1. The molecule has 3 aromatic rings. The second kappa shape index (κ2) is 9.61. The lowest BCUT2D eigenvalue weighted by Crippen LogP contribution is -2.52. The molecule has 2 fully saturated rings. The molecule has 0 radical (unpaired) electrons. The van der Waals surface area contributed by atoms with E-state index in [0.717, 1.165) is 52.1 Å². The number of para-hydroxylation sites is 2. The molecule has 5 rings (SSSR count). The van der Waals surface area contributed by atoms with E-state index in [1.54, 1.807) is 0 Å². The predicted molar refractivity (Wildman–Crippen MR) is 129 cm³/mol. The summed E-state index contributed by atoms with van der Waals surface area (Å²) in [6.07, 6.45) is 3.10. The molecule has 6 heteroatoms. The van der Waals surface area contributed by atoms with E-state index >= 15 is 0 Å². The topological polar surface area (TPSA) is 52.0 Å². The van der Waals surface area contributed by atoms with Crippen molar-refractivity contribution in [3.05, 3.63) is 48.5 Å². The van der Waals surface area contributed by atoms with Crippen molar-refractivity contribution < 1.29 is 9.90 Å². The molecule has 0 aliphatic carbocycles. The fourth-order valence-corrected chi connectivity index (χ4v) is 5.33. The van der Waals surface area contributed by atoms with Crippen LogP contribution in [0.2, 0.25) is 0 Å². The Hall–Kier alpha value is -2.41. The van der Waals surface area contributed by atoms with Gasteiger partial charge in [0.2, 0.25) is 5.91 Å². The number of aliphatic hydroxyl groups is 1. The summed E-state index contributed by atoms with van der Waals surface area (Å²) in [5.74, 6) is 0.282. The summed E-state index contributed by atoms with van der Waals surface area (Å²) in [5, 5.41) is 13.4. The number of nitrogens with zero attached hydrogens (tertiary/aromatic N) is 4. The molecule has 2 aliphatic rings. The van der Waals surface area contributed by atoms with Crippen LogP contribution >= 0.6 is 0 Å². The maximum atomic E-state index is 12.5. The largest absolute Gasteiger partial charge is 0.390 e. The van der Waals surface area contributed by atoms with Gasteiger partial charge in [0.25, 0.3) is 0 Å². The van der Waals surface area contributed by atoms with Crippen LogP contribution < -0.4 is 0 Å². The Morgan fingerprint density at radius 3 is 1.94 bits per heavy atom. The van der Waals surface area contributed by atoms with Crippen LogP contribution in [0.1, 0.15) is 19.3 Å². The Balaban J connectivity index is 1.16. The summed E-state index contributed by atoms with van der Waals surface area (Å²) in [4.78, 5) is 19.2. The van der Waals surface area contributed by atoms with E-state index < -0.39 is 6.10 Å². The Labute approximate surface area is 190 Å². The van der Waals surface area contributed by atoms with E-state index in [4.69, 9.17) is 0 Å². The predicted octanol–water partition coefficient (Wildman–Crippen LogP) is 2.79. The number of benzene rings is 2. The van der Waals surface area contributed by atoms with Gasteiger partial charge in [-0.15, -0.1) is 0 Å². The molecule has 2 aliphatic heterocycles. The summed E-state index contributed by atoms with van der Waals surface area (Å²) in [6, 6.07) is 16.9. The molecule has 1 amide bonds. The van der Waals surface area contributed by atoms with Crippen LogP contribution in [0, 0.1) is 0 Å². The summed E-state index contributed by atoms with van der Waals surface area (Å²) >= 11 is 0. The van der Waals surface area contributed by atoms with Crippen molar-refractivity contribution in [1.82, 2.24) is 19.3 Å². The number of fused-ring (bicyclic) bond motifs is 3. The van der Waals surface area contributed by atoms with Gasteiger partial charge in [-0.05, 0) is 31.4 Å². The number of carbonyl (C=O) groups excluding carboxylic acids is 1. The number of rotatable bonds is 6. The Morgan fingerprint density at radius 2 is 1.31 bits per heavy atom. The number of aromatic nitrogens is 1. The average Bonchev–Trinajstić information content (AvgIpc) is 3.15. The highest BCUT2D eigenvalue weighted by Crippen LogP contribution is 2.29. The second-order valence-corrected chi connectivity index (χ2v) is 9.32. The molecule has 0 spiro atoms. The van der Waals surface area contributed by atoms with E-state index in [0.29, 0.717) is 19.6 Å². The average molecular weight is 435 g/mol. The number of carbonyl (C=O) groups is 1. The zero-order valence-electron chi connectivity index (χ0n) is 18.8. The van der Waals surface area contributed by atoms with Crippen molar-refractivity contribution in [2.24, 2.45) is 0 Å². The molecule has 2 saturated heterocycles. The van der Waals surface area contributed by atoms with Gasteiger partial charge >= 0.3 is 0 Å². The molecule has 1 aromatic heterocycles. The Kier molecular flexibility index (Phi) is 6.44. The van der Waals surface area contributed by atoms with Crippen molar-refractivity contribution in [3.8, 4) is 0 Å². The van der Waals surface area contributed by atoms with Crippen LogP contribution in [-0.2, 0) is 11.3 Å². The summed E-state index contributed by atoms with van der Waals surface area (Å²) in [6.45, 7) is 7.22. The van der Waals surface area contributed by atoms with Crippen molar-refractivity contribution >= 4 is 27.7 Å². The van der Waals surface area contributed by atoms with Gasteiger partial charge in [-0.2, -0.15) is 0 Å². The zero-order valence-corrected chi connectivity index (χ0v) is 18.8. The maximum absolute atomic E-state index is 12.5. The molecular weight excluding hydrogens is 400 g/mol. The fourth-order valence-electron chi connectivity index (χ4n) is 5.33. The maximum Gasteiger partial charge on any atom is 0.236 e. The van der Waals surface area contributed by atoms with Crippen molar-refractivity contribution in [3.63, 3.8) is 0 Å². The minimum absolute atomic E-state index is 0.282. The minimum Gasteiger partial charge on any atom is -0.390 e. The smallest absolute Gasteiger partial charge is 0.236 e. The Bertz CT molecular complexity index is 1010. The Morgan fingerprint density at radius 1 is 0.750 bits per heavy atom. The highest BCUT2D eigenvalue weighted by atomic mass is 16.3. The van der Waals surface area contributed by atoms with E-state index in [1.807, 2.05) is 4.90 Å². The van der Waals surface area contributed by atoms with Crippen LogP contribution in [0.5, 0.6) is 0 Å². The van der Waals surface area contributed by atoms with Crippen LogP contribution in [0.25, 0.3) is 21.8 Å². The van der Waals surface area contributed by atoms with Gasteiger partial charge in [-0.3, -0.25) is 14.6 Å². The van der Waals surface area contributed by atoms with E-state index in [-0.39, 0.29) is 5.91 Å². The number of piperidine rings is 1. The molecule has 3 heterocycles. The molecule has 1 atom stereocenters. The van der Waals surface area contributed by atoms with Gasteiger partial charge in [0.05, 0.1) is 19.2 Å². The third kappa shape index (κ3) is 4.53. The van der Waals surface area contributed by atoms with E-state index in [1.165, 1.54) is 28.2 Å². The second-order valence-electron chi connectivity index (χ2n) is 9.32. The van der Waals surface area contributed by atoms with Gasteiger partial charge in [0, 0.05) is 67.6 Å².